The van der Waals surface area contributed by atoms with Crippen molar-refractivity contribution >= 4 is 16.7 Å². The molecule has 114 valence electrons. The Balaban J connectivity index is 2.24. The number of hydrogen-bond donors (Lipinski definition) is 2. The van der Waals surface area contributed by atoms with E-state index in [1.54, 1.807) is 31.3 Å². The maximum atomic E-state index is 13.0. The third-order valence-corrected chi connectivity index (χ3v) is 3.28. The Kier molecular flexibility index (Phi) is 4.32. The molecule has 2 rings (SSSR count). The van der Waals surface area contributed by atoms with Gasteiger partial charge in [-0.1, -0.05) is 13.3 Å². The maximum absolute atomic E-state index is 13.0. The van der Waals surface area contributed by atoms with Gasteiger partial charge in [0.15, 0.2) is 11.2 Å². The van der Waals surface area contributed by atoms with Crippen LogP contribution in [0.15, 0.2) is 30.6 Å². The van der Waals surface area contributed by atoms with Crippen molar-refractivity contribution in [3.05, 3.63) is 30.6 Å². The molecule has 0 saturated heterocycles. The summed E-state index contributed by atoms with van der Waals surface area (Å²) in [5, 5.41) is 13.1. The third kappa shape index (κ3) is 3.24. The van der Waals surface area contributed by atoms with Crippen LogP contribution in [0.4, 0.5) is 18.9 Å². The van der Waals surface area contributed by atoms with Crippen molar-refractivity contribution in [3.63, 3.8) is 0 Å². The fourth-order valence-electron chi connectivity index (χ4n) is 2.12. The Labute approximate surface area is 120 Å². The minimum absolute atomic E-state index is 0.232. The number of alkyl halides is 3. The number of pyridine rings is 2. The number of aliphatic hydroxyl groups is 1. The summed E-state index contributed by atoms with van der Waals surface area (Å²) in [4.78, 5) is 8.07. The van der Waals surface area contributed by atoms with Crippen LogP contribution in [0.5, 0.6) is 0 Å². The molecule has 2 heterocycles. The predicted octanol–water partition coefficient (Wildman–Crippen LogP) is 3.14. The van der Waals surface area contributed by atoms with Crippen molar-refractivity contribution in [2.24, 2.45) is 0 Å². The van der Waals surface area contributed by atoms with E-state index in [1.165, 1.54) is 6.20 Å². The molecule has 0 aliphatic heterocycles. The number of aromatic nitrogens is 2. The highest BCUT2D eigenvalue weighted by Gasteiger charge is 2.52. The van der Waals surface area contributed by atoms with Gasteiger partial charge >= 0.3 is 6.18 Å². The van der Waals surface area contributed by atoms with Crippen molar-refractivity contribution in [2.75, 3.05) is 11.9 Å². The lowest BCUT2D eigenvalue weighted by Crippen LogP contribution is -2.50. The van der Waals surface area contributed by atoms with Crippen molar-refractivity contribution < 1.29 is 18.3 Å². The second-order valence-corrected chi connectivity index (χ2v) is 4.87. The minimum atomic E-state index is -4.68. The van der Waals surface area contributed by atoms with Gasteiger partial charge in [-0.05, 0) is 24.6 Å². The molecular formula is C14H16F3N3O. The molecule has 2 aromatic heterocycles. The second-order valence-electron chi connectivity index (χ2n) is 4.87. The Morgan fingerprint density at radius 2 is 1.90 bits per heavy atom. The minimum Gasteiger partial charge on any atom is -0.381 e. The van der Waals surface area contributed by atoms with Crippen LogP contribution in [0.3, 0.4) is 0 Å². The lowest BCUT2D eigenvalue weighted by atomic mass is 9.97. The first kappa shape index (κ1) is 15.5. The van der Waals surface area contributed by atoms with E-state index >= 15 is 0 Å². The van der Waals surface area contributed by atoms with E-state index in [1.807, 2.05) is 0 Å². The molecule has 0 spiro atoms. The highest BCUT2D eigenvalue weighted by atomic mass is 19.4. The first-order valence-electron chi connectivity index (χ1n) is 6.60. The smallest absolute Gasteiger partial charge is 0.381 e. The average Bonchev–Trinajstić information content (AvgIpc) is 2.44. The van der Waals surface area contributed by atoms with Crippen molar-refractivity contribution in [1.29, 1.82) is 0 Å². The van der Waals surface area contributed by atoms with Crippen molar-refractivity contribution in [2.45, 2.75) is 31.5 Å². The number of halogens is 3. The van der Waals surface area contributed by atoms with Crippen molar-refractivity contribution in [1.82, 2.24) is 9.97 Å². The molecule has 1 atom stereocenters. The zero-order chi connectivity index (χ0) is 15.5. The van der Waals surface area contributed by atoms with Gasteiger partial charge < -0.3 is 10.4 Å². The van der Waals surface area contributed by atoms with Gasteiger partial charge in [-0.15, -0.1) is 0 Å². The van der Waals surface area contributed by atoms with E-state index in [-0.39, 0.29) is 12.8 Å². The van der Waals surface area contributed by atoms with Gasteiger partial charge in [0.05, 0.1) is 6.54 Å². The van der Waals surface area contributed by atoms with Crippen LogP contribution in [0.25, 0.3) is 11.0 Å². The predicted molar refractivity (Wildman–Crippen MR) is 73.9 cm³/mol. The molecule has 0 aliphatic carbocycles. The highest BCUT2D eigenvalue weighted by molar-refractivity contribution is 5.88. The number of anilines is 1. The van der Waals surface area contributed by atoms with Crippen molar-refractivity contribution in [3.8, 4) is 0 Å². The van der Waals surface area contributed by atoms with Crippen LogP contribution in [0.2, 0.25) is 0 Å². The van der Waals surface area contributed by atoms with E-state index in [2.05, 4.69) is 15.3 Å². The lowest BCUT2D eigenvalue weighted by molar-refractivity contribution is -0.256. The largest absolute Gasteiger partial charge is 0.418 e. The summed E-state index contributed by atoms with van der Waals surface area (Å²) in [7, 11) is 0. The third-order valence-electron chi connectivity index (χ3n) is 3.28. The standard InChI is InChI=1S/C14H16F3N3O/c1-2-6-13(21,14(15,16)17)9-20-11-5-8-19-12-10(11)4-3-7-18-12/h3-5,7-8,21H,2,6,9H2,1H3,(H,18,19,20). The van der Waals surface area contributed by atoms with Crippen LogP contribution in [0, 0.1) is 0 Å². The van der Waals surface area contributed by atoms with E-state index in [0.717, 1.165) is 0 Å². The van der Waals surface area contributed by atoms with Gasteiger partial charge in [0.2, 0.25) is 0 Å². The quantitative estimate of drug-likeness (QED) is 0.890. The topological polar surface area (TPSA) is 58.0 Å². The molecule has 4 nitrogen and oxygen atoms in total. The Morgan fingerprint density at radius 1 is 1.19 bits per heavy atom. The molecule has 7 heteroatoms. The summed E-state index contributed by atoms with van der Waals surface area (Å²) in [6.07, 6.45) is -1.79. The Bertz CT molecular complexity index is 612. The first-order valence-corrected chi connectivity index (χ1v) is 6.60. The second kappa shape index (κ2) is 5.85. The van der Waals surface area contributed by atoms with E-state index in [9.17, 15) is 18.3 Å². The maximum Gasteiger partial charge on any atom is 0.418 e. The molecule has 1 unspecified atom stereocenters. The number of nitrogens with zero attached hydrogens (tertiary/aromatic N) is 2. The molecule has 0 fully saturated rings. The Hall–Kier alpha value is -1.89. The molecule has 0 aromatic carbocycles. The SMILES string of the molecule is CCCC(O)(CNc1ccnc2ncccc12)C(F)(F)F. The summed E-state index contributed by atoms with van der Waals surface area (Å²) in [5.41, 5.74) is -1.85. The molecule has 0 radical (unpaired) electrons. The fraction of sp³-hybridized carbons (Fsp3) is 0.429. The number of nitrogens with one attached hydrogen (secondary N) is 1. The van der Waals surface area contributed by atoms with Crippen LogP contribution in [-0.2, 0) is 0 Å². The van der Waals surface area contributed by atoms with Gasteiger partial charge in [-0.2, -0.15) is 13.2 Å². The summed E-state index contributed by atoms with van der Waals surface area (Å²) in [5.74, 6) is 0. The number of rotatable bonds is 5. The normalized spacial score (nSPS) is 14.9. The van der Waals surface area contributed by atoms with Gasteiger partial charge in [-0.25, -0.2) is 9.97 Å². The van der Waals surface area contributed by atoms with Gasteiger partial charge in [-0.3, -0.25) is 0 Å². The van der Waals surface area contributed by atoms with Gasteiger partial charge in [0.1, 0.15) is 0 Å². The summed E-state index contributed by atoms with van der Waals surface area (Å²) >= 11 is 0. The van der Waals surface area contributed by atoms with Crippen LogP contribution >= 0.6 is 0 Å². The number of hydrogen-bond acceptors (Lipinski definition) is 4. The molecular weight excluding hydrogens is 283 g/mol. The highest BCUT2D eigenvalue weighted by Crippen LogP contribution is 2.34. The summed E-state index contributed by atoms with van der Waals surface area (Å²) in [6, 6.07) is 4.95. The van der Waals surface area contributed by atoms with E-state index in [0.29, 0.717) is 16.7 Å². The zero-order valence-electron chi connectivity index (χ0n) is 11.5. The van der Waals surface area contributed by atoms with Gasteiger partial charge in [0, 0.05) is 23.5 Å². The average molecular weight is 299 g/mol. The lowest BCUT2D eigenvalue weighted by Gasteiger charge is -2.30. The van der Waals surface area contributed by atoms with E-state index < -0.39 is 18.3 Å². The first-order chi connectivity index (χ1) is 9.87. The summed E-state index contributed by atoms with van der Waals surface area (Å²) in [6.45, 7) is 0.987. The van der Waals surface area contributed by atoms with Crippen LogP contribution in [0.1, 0.15) is 19.8 Å². The molecule has 0 bridgehead atoms. The molecule has 2 N–H and O–H groups in total. The van der Waals surface area contributed by atoms with Crippen LogP contribution in [-0.4, -0.2) is 33.4 Å². The molecule has 0 saturated carbocycles. The van der Waals surface area contributed by atoms with E-state index in [4.69, 9.17) is 0 Å². The molecule has 21 heavy (non-hydrogen) atoms. The van der Waals surface area contributed by atoms with Crippen LogP contribution < -0.4 is 5.32 Å². The number of fused-ring (bicyclic) bond motifs is 1. The zero-order valence-corrected chi connectivity index (χ0v) is 11.5. The monoisotopic (exact) mass is 299 g/mol. The molecule has 2 aromatic rings. The fourth-order valence-corrected chi connectivity index (χ4v) is 2.12. The summed E-state index contributed by atoms with van der Waals surface area (Å²) < 4.78 is 39.0. The Morgan fingerprint density at radius 3 is 2.57 bits per heavy atom. The molecule has 0 aliphatic rings. The molecule has 0 amide bonds. The van der Waals surface area contributed by atoms with Gasteiger partial charge in [0.25, 0.3) is 0 Å².